The van der Waals surface area contributed by atoms with Gasteiger partial charge in [0.25, 0.3) is 5.56 Å². The van der Waals surface area contributed by atoms with Crippen molar-refractivity contribution in [3.63, 3.8) is 0 Å². The van der Waals surface area contributed by atoms with E-state index in [0.29, 0.717) is 0 Å². The predicted octanol–water partition coefficient (Wildman–Crippen LogP) is 2.61. The first-order valence-corrected chi connectivity index (χ1v) is 5.15. The molecule has 0 saturated heterocycles. The molecule has 0 fully saturated rings. The molecule has 1 aromatic carbocycles. The van der Waals surface area contributed by atoms with E-state index >= 15 is 0 Å². The molecule has 3 heteroatoms. The van der Waals surface area contributed by atoms with E-state index in [9.17, 15) is 4.79 Å². The number of nitrogens with zero attached hydrogens (tertiary/aromatic N) is 1. The maximum absolute atomic E-state index is 11.9. The van der Waals surface area contributed by atoms with E-state index in [-0.39, 0.29) is 5.56 Å². The maximum atomic E-state index is 11.9. The monoisotopic (exact) mass is 251 g/mol. The van der Waals surface area contributed by atoms with Crippen molar-refractivity contribution in [2.24, 2.45) is 7.05 Å². The van der Waals surface area contributed by atoms with Crippen molar-refractivity contribution in [2.75, 3.05) is 0 Å². The minimum Gasteiger partial charge on any atom is -0.315 e. The van der Waals surface area contributed by atoms with Gasteiger partial charge in [0.05, 0.1) is 5.39 Å². The van der Waals surface area contributed by atoms with E-state index in [4.69, 9.17) is 0 Å². The van der Waals surface area contributed by atoms with Crippen LogP contribution in [0.5, 0.6) is 0 Å². The van der Waals surface area contributed by atoms with Gasteiger partial charge in [0.1, 0.15) is 0 Å². The minimum absolute atomic E-state index is 0.0486. The molecule has 2 rings (SSSR count). The van der Waals surface area contributed by atoms with Crippen molar-refractivity contribution in [1.29, 1.82) is 0 Å². The van der Waals surface area contributed by atoms with E-state index in [1.54, 1.807) is 11.6 Å². The van der Waals surface area contributed by atoms with Crippen molar-refractivity contribution in [3.05, 3.63) is 44.8 Å². The number of pyridine rings is 1. The zero-order chi connectivity index (χ0) is 10.3. The molecular formula is C11H10BrNO. The first-order valence-electron chi connectivity index (χ1n) is 4.36. The Kier molecular flexibility index (Phi) is 2.19. The highest BCUT2D eigenvalue weighted by Gasteiger charge is 2.05. The van der Waals surface area contributed by atoms with E-state index < -0.39 is 0 Å². The summed E-state index contributed by atoms with van der Waals surface area (Å²) in [5.74, 6) is 0. The molecule has 14 heavy (non-hydrogen) atoms. The van der Waals surface area contributed by atoms with Crippen LogP contribution < -0.4 is 5.56 Å². The fraction of sp³-hybridized carbons (Fsp3) is 0.182. The Hall–Kier alpha value is -1.09. The maximum Gasteiger partial charge on any atom is 0.259 e. The van der Waals surface area contributed by atoms with Crippen LogP contribution in [-0.4, -0.2) is 4.57 Å². The number of halogens is 1. The van der Waals surface area contributed by atoms with Gasteiger partial charge in [0.15, 0.2) is 0 Å². The standard InChI is InChI=1S/C11H10BrNO/c1-7-6-8-4-3-5-9(12)10(8)11(14)13(7)2/h3-6H,1-2H3. The molecule has 0 unspecified atom stereocenters. The summed E-state index contributed by atoms with van der Waals surface area (Å²) in [6, 6.07) is 7.79. The molecule has 0 N–H and O–H groups in total. The quantitative estimate of drug-likeness (QED) is 0.706. The summed E-state index contributed by atoms with van der Waals surface area (Å²) in [5, 5.41) is 1.74. The van der Waals surface area contributed by atoms with Gasteiger partial charge >= 0.3 is 0 Å². The van der Waals surface area contributed by atoms with Crippen LogP contribution >= 0.6 is 15.9 Å². The Bertz CT molecular complexity index is 557. The van der Waals surface area contributed by atoms with Gasteiger partial charge in [0.2, 0.25) is 0 Å². The summed E-state index contributed by atoms with van der Waals surface area (Å²) in [5.41, 5.74) is 1.02. The van der Waals surface area contributed by atoms with Gasteiger partial charge in [-0.2, -0.15) is 0 Å². The smallest absolute Gasteiger partial charge is 0.259 e. The van der Waals surface area contributed by atoms with Gasteiger partial charge in [-0.1, -0.05) is 12.1 Å². The van der Waals surface area contributed by atoms with Crippen molar-refractivity contribution < 1.29 is 0 Å². The van der Waals surface area contributed by atoms with Gasteiger partial charge in [0, 0.05) is 17.2 Å². The van der Waals surface area contributed by atoms with Crippen LogP contribution in [0.3, 0.4) is 0 Å². The SMILES string of the molecule is Cc1cc2cccc(Br)c2c(=O)n1C. The lowest BCUT2D eigenvalue weighted by atomic mass is 10.1. The third-order valence-electron chi connectivity index (χ3n) is 2.46. The van der Waals surface area contributed by atoms with Crippen LogP contribution in [0.4, 0.5) is 0 Å². The van der Waals surface area contributed by atoms with Crippen molar-refractivity contribution in [3.8, 4) is 0 Å². The van der Waals surface area contributed by atoms with Crippen molar-refractivity contribution >= 4 is 26.7 Å². The fourth-order valence-electron chi connectivity index (χ4n) is 1.54. The second kappa shape index (κ2) is 3.24. The van der Waals surface area contributed by atoms with Crippen LogP contribution in [0.1, 0.15) is 5.69 Å². The van der Waals surface area contributed by atoms with Gasteiger partial charge < -0.3 is 4.57 Å². The highest BCUT2D eigenvalue weighted by Crippen LogP contribution is 2.20. The molecule has 0 aliphatic rings. The molecule has 0 atom stereocenters. The summed E-state index contributed by atoms with van der Waals surface area (Å²) in [7, 11) is 1.79. The van der Waals surface area contributed by atoms with Gasteiger partial charge in [-0.25, -0.2) is 0 Å². The third kappa shape index (κ3) is 1.28. The average Bonchev–Trinajstić information content (AvgIpc) is 2.14. The Balaban J connectivity index is 3.07. The first kappa shape index (κ1) is 9.46. The lowest BCUT2D eigenvalue weighted by molar-refractivity contribution is 0.830. The van der Waals surface area contributed by atoms with E-state index in [1.807, 2.05) is 31.2 Å². The minimum atomic E-state index is 0.0486. The average molecular weight is 252 g/mol. The molecule has 0 amide bonds. The zero-order valence-electron chi connectivity index (χ0n) is 8.04. The molecule has 0 bridgehead atoms. The van der Waals surface area contributed by atoms with Gasteiger partial charge in [-0.05, 0) is 40.4 Å². The molecule has 0 aliphatic carbocycles. The van der Waals surface area contributed by atoms with Crippen LogP contribution in [0.15, 0.2) is 33.5 Å². The number of fused-ring (bicyclic) bond motifs is 1. The molecule has 1 heterocycles. The number of aromatic nitrogens is 1. The zero-order valence-corrected chi connectivity index (χ0v) is 9.63. The Morgan fingerprint density at radius 2 is 2.07 bits per heavy atom. The molecule has 2 aromatic rings. The van der Waals surface area contributed by atoms with Crippen molar-refractivity contribution in [2.45, 2.75) is 6.92 Å². The molecule has 72 valence electrons. The molecule has 1 aromatic heterocycles. The number of hydrogen-bond donors (Lipinski definition) is 0. The van der Waals surface area contributed by atoms with Crippen LogP contribution in [0.25, 0.3) is 10.8 Å². The highest BCUT2D eigenvalue weighted by molar-refractivity contribution is 9.10. The normalized spacial score (nSPS) is 10.8. The Labute approximate surface area is 90.3 Å². The fourth-order valence-corrected chi connectivity index (χ4v) is 2.09. The summed E-state index contributed by atoms with van der Waals surface area (Å²) >= 11 is 3.39. The van der Waals surface area contributed by atoms with E-state index in [1.165, 1.54) is 0 Å². The largest absolute Gasteiger partial charge is 0.315 e. The molecule has 0 spiro atoms. The highest BCUT2D eigenvalue weighted by atomic mass is 79.9. The number of rotatable bonds is 0. The van der Waals surface area contributed by atoms with Crippen LogP contribution in [-0.2, 0) is 7.05 Å². The third-order valence-corrected chi connectivity index (χ3v) is 3.12. The molecule has 0 saturated carbocycles. The first-order chi connectivity index (χ1) is 6.61. The lowest BCUT2D eigenvalue weighted by Gasteiger charge is -2.06. The summed E-state index contributed by atoms with van der Waals surface area (Å²) < 4.78 is 2.52. The second-order valence-corrected chi connectivity index (χ2v) is 4.21. The molecular weight excluding hydrogens is 242 g/mol. The van der Waals surface area contributed by atoms with Crippen LogP contribution in [0.2, 0.25) is 0 Å². The second-order valence-electron chi connectivity index (χ2n) is 3.35. The molecule has 0 aliphatic heterocycles. The predicted molar refractivity (Wildman–Crippen MR) is 61.6 cm³/mol. The molecule has 0 radical (unpaired) electrons. The number of hydrogen-bond acceptors (Lipinski definition) is 1. The summed E-state index contributed by atoms with van der Waals surface area (Å²) in [4.78, 5) is 11.9. The summed E-state index contributed by atoms with van der Waals surface area (Å²) in [6.07, 6.45) is 0. The summed E-state index contributed by atoms with van der Waals surface area (Å²) in [6.45, 7) is 1.93. The van der Waals surface area contributed by atoms with Crippen LogP contribution in [0, 0.1) is 6.92 Å². The topological polar surface area (TPSA) is 22.0 Å². The van der Waals surface area contributed by atoms with Crippen molar-refractivity contribution in [1.82, 2.24) is 4.57 Å². The van der Waals surface area contributed by atoms with E-state index in [2.05, 4.69) is 15.9 Å². The Morgan fingerprint density at radius 1 is 1.36 bits per heavy atom. The van der Waals surface area contributed by atoms with Gasteiger partial charge in [-0.3, -0.25) is 4.79 Å². The molecule has 2 nitrogen and oxygen atoms in total. The Morgan fingerprint density at radius 3 is 2.79 bits per heavy atom. The lowest BCUT2D eigenvalue weighted by Crippen LogP contribution is -2.18. The van der Waals surface area contributed by atoms with E-state index in [0.717, 1.165) is 20.9 Å². The number of benzene rings is 1. The number of aryl methyl sites for hydroxylation is 1. The van der Waals surface area contributed by atoms with Gasteiger partial charge in [-0.15, -0.1) is 0 Å².